The van der Waals surface area contributed by atoms with Gasteiger partial charge in [0.15, 0.2) is 11.5 Å². The van der Waals surface area contributed by atoms with E-state index < -0.39 is 0 Å². The molecule has 0 bridgehead atoms. The van der Waals surface area contributed by atoms with Gasteiger partial charge in [-0.05, 0) is 31.4 Å². The Balaban J connectivity index is 1.34. The molecule has 2 aliphatic heterocycles. The summed E-state index contributed by atoms with van der Waals surface area (Å²) in [6.45, 7) is 2.85. The molecule has 3 amide bonds. The molecule has 1 aromatic carbocycles. The van der Waals surface area contributed by atoms with Crippen LogP contribution >= 0.6 is 0 Å². The van der Waals surface area contributed by atoms with Gasteiger partial charge >= 0.3 is 6.03 Å². The smallest absolute Gasteiger partial charge is 0.321 e. The minimum absolute atomic E-state index is 0.0121. The molecule has 4 rings (SSSR count). The van der Waals surface area contributed by atoms with Crippen LogP contribution in [0.15, 0.2) is 24.4 Å². The van der Waals surface area contributed by atoms with E-state index in [2.05, 4.69) is 10.4 Å². The van der Waals surface area contributed by atoms with Crippen molar-refractivity contribution in [3.63, 3.8) is 0 Å². The highest BCUT2D eigenvalue weighted by atomic mass is 16.5. The van der Waals surface area contributed by atoms with Crippen LogP contribution in [-0.4, -0.2) is 71.9 Å². The highest BCUT2D eigenvalue weighted by Gasteiger charge is 2.28. The summed E-state index contributed by atoms with van der Waals surface area (Å²) in [5.74, 6) is 1.17. The Kier molecular flexibility index (Phi) is 5.78. The number of benzene rings is 1. The predicted octanol–water partition coefficient (Wildman–Crippen LogP) is 2.23. The molecule has 0 unspecified atom stereocenters. The van der Waals surface area contributed by atoms with Crippen LogP contribution in [0.4, 0.5) is 10.5 Å². The van der Waals surface area contributed by atoms with Crippen LogP contribution in [0.25, 0.3) is 0 Å². The molecule has 1 saturated heterocycles. The second-order valence-electron chi connectivity index (χ2n) is 7.46. The quantitative estimate of drug-likeness (QED) is 0.830. The fraction of sp³-hybridized carbons (Fsp3) is 0.476. The molecule has 30 heavy (non-hydrogen) atoms. The van der Waals surface area contributed by atoms with Gasteiger partial charge in [-0.2, -0.15) is 5.10 Å². The summed E-state index contributed by atoms with van der Waals surface area (Å²) >= 11 is 0. The molecule has 1 fully saturated rings. The molecule has 0 saturated carbocycles. The number of aryl methyl sites for hydroxylation is 1. The molecule has 9 nitrogen and oxygen atoms in total. The van der Waals surface area contributed by atoms with Crippen LogP contribution in [-0.2, 0) is 13.0 Å². The first-order chi connectivity index (χ1) is 14.6. The topological polar surface area (TPSA) is 88.9 Å². The van der Waals surface area contributed by atoms with Crippen molar-refractivity contribution < 1.29 is 19.1 Å². The van der Waals surface area contributed by atoms with Crippen molar-refractivity contribution in [3.05, 3.63) is 35.7 Å². The average Bonchev–Trinajstić information content (AvgIpc) is 3.22. The summed E-state index contributed by atoms with van der Waals surface area (Å²) in [4.78, 5) is 29.1. The zero-order chi connectivity index (χ0) is 21.1. The van der Waals surface area contributed by atoms with Crippen LogP contribution < -0.4 is 14.8 Å². The van der Waals surface area contributed by atoms with Crippen molar-refractivity contribution in [2.24, 2.45) is 0 Å². The van der Waals surface area contributed by atoms with E-state index in [1.165, 1.54) is 0 Å². The number of piperazine rings is 1. The number of carbonyl (C=O) groups excluding carboxylic acids is 2. The monoisotopic (exact) mass is 413 g/mol. The number of nitrogens with zero attached hydrogens (tertiary/aromatic N) is 4. The zero-order valence-corrected chi connectivity index (χ0v) is 17.4. The molecule has 0 spiro atoms. The third-order valence-electron chi connectivity index (χ3n) is 5.70. The highest BCUT2D eigenvalue weighted by molar-refractivity contribution is 5.95. The highest BCUT2D eigenvalue weighted by Crippen LogP contribution is 2.30. The van der Waals surface area contributed by atoms with Crippen LogP contribution in [0.3, 0.4) is 0 Å². The Labute approximate surface area is 175 Å². The lowest BCUT2D eigenvalue weighted by atomic mass is 10.1. The number of hydrogen-bond donors (Lipinski definition) is 1. The summed E-state index contributed by atoms with van der Waals surface area (Å²) in [5.41, 5.74) is 2.38. The Morgan fingerprint density at radius 3 is 2.43 bits per heavy atom. The lowest BCUT2D eigenvalue weighted by Gasteiger charge is -2.34. The summed E-state index contributed by atoms with van der Waals surface area (Å²) in [6.07, 6.45) is 4.79. The fourth-order valence-corrected chi connectivity index (χ4v) is 4.00. The van der Waals surface area contributed by atoms with Crippen molar-refractivity contribution >= 4 is 17.6 Å². The molecular weight excluding hydrogens is 386 g/mol. The molecule has 1 N–H and O–H groups in total. The van der Waals surface area contributed by atoms with E-state index in [0.29, 0.717) is 48.9 Å². The van der Waals surface area contributed by atoms with Gasteiger partial charge in [0, 0.05) is 44.5 Å². The minimum atomic E-state index is -0.197. The molecule has 0 atom stereocenters. The second-order valence-corrected chi connectivity index (χ2v) is 7.46. The van der Waals surface area contributed by atoms with E-state index in [-0.39, 0.29) is 11.9 Å². The normalized spacial score (nSPS) is 16.1. The van der Waals surface area contributed by atoms with E-state index in [0.717, 1.165) is 31.5 Å². The van der Waals surface area contributed by atoms with Gasteiger partial charge < -0.3 is 24.6 Å². The fourth-order valence-electron chi connectivity index (χ4n) is 4.00. The largest absolute Gasteiger partial charge is 0.493 e. The van der Waals surface area contributed by atoms with Gasteiger partial charge in [-0.1, -0.05) is 0 Å². The molecule has 0 aliphatic carbocycles. The number of aromatic nitrogens is 2. The van der Waals surface area contributed by atoms with Gasteiger partial charge in [-0.25, -0.2) is 4.79 Å². The van der Waals surface area contributed by atoms with Gasteiger partial charge in [0.25, 0.3) is 5.91 Å². The molecular formula is C21H27N5O4. The van der Waals surface area contributed by atoms with Crippen molar-refractivity contribution in [1.29, 1.82) is 0 Å². The maximum atomic E-state index is 13.0. The van der Waals surface area contributed by atoms with Crippen LogP contribution in [0.2, 0.25) is 0 Å². The average molecular weight is 413 g/mol. The maximum Gasteiger partial charge on any atom is 0.321 e. The van der Waals surface area contributed by atoms with Crippen LogP contribution in [0.1, 0.15) is 28.9 Å². The number of anilines is 1. The van der Waals surface area contributed by atoms with Crippen LogP contribution in [0.5, 0.6) is 11.5 Å². The van der Waals surface area contributed by atoms with Gasteiger partial charge in [0.1, 0.15) is 0 Å². The Bertz CT molecular complexity index is 933. The van der Waals surface area contributed by atoms with Gasteiger partial charge in [0.05, 0.1) is 31.7 Å². The molecule has 160 valence electrons. The minimum Gasteiger partial charge on any atom is -0.493 e. The summed E-state index contributed by atoms with van der Waals surface area (Å²) in [7, 11) is 3.12. The van der Waals surface area contributed by atoms with Gasteiger partial charge in [0.2, 0.25) is 0 Å². The first kappa shape index (κ1) is 20.1. The van der Waals surface area contributed by atoms with E-state index in [9.17, 15) is 9.59 Å². The SMILES string of the molecule is COc1ccc(NC(=O)N2CCN(C(=O)c3cnn4c3CCCC4)CC2)cc1OC. The first-order valence-corrected chi connectivity index (χ1v) is 10.2. The lowest BCUT2D eigenvalue weighted by Crippen LogP contribution is -2.51. The Morgan fingerprint density at radius 2 is 1.70 bits per heavy atom. The van der Waals surface area contributed by atoms with Crippen molar-refractivity contribution in [1.82, 2.24) is 19.6 Å². The van der Waals surface area contributed by atoms with E-state index in [1.54, 1.807) is 43.5 Å². The number of urea groups is 1. The Hall–Kier alpha value is -3.23. The number of carbonyl (C=O) groups is 2. The van der Waals surface area contributed by atoms with E-state index in [4.69, 9.17) is 9.47 Å². The molecule has 1 aromatic heterocycles. The number of ether oxygens (including phenoxy) is 2. The second kappa shape index (κ2) is 8.64. The third-order valence-corrected chi connectivity index (χ3v) is 5.70. The van der Waals surface area contributed by atoms with Gasteiger partial charge in [-0.15, -0.1) is 0 Å². The maximum absolute atomic E-state index is 13.0. The molecule has 3 heterocycles. The number of fused-ring (bicyclic) bond motifs is 1. The number of nitrogens with one attached hydrogen (secondary N) is 1. The zero-order valence-electron chi connectivity index (χ0n) is 17.4. The first-order valence-electron chi connectivity index (χ1n) is 10.2. The lowest BCUT2D eigenvalue weighted by molar-refractivity contribution is 0.0670. The number of rotatable bonds is 4. The number of methoxy groups -OCH3 is 2. The van der Waals surface area contributed by atoms with Crippen LogP contribution in [0, 0.1) is 0 Å². The van der Waals surface area contributed by atoms with Crippen molar-refractivity contribution in [3.8, 4) is 11.5 Å². The van der Waals surface area contributed by atoms with Crippen molar-refractivity contribution in [2.75, 3.05) is 45.7 Å². The molecule has 2 aliphatic rings. The van der Waals surface area contributed by atoms with Gasteiger partial charge in [-0.3, -0.25) is 9.48 Å². The summed E-state index contributed by atoms with van der Waals surface area (Å²) < 4.78 is 12.4. The Morgan fingerprint density at radius 1 is 0.967 bits per heavy atom. The molecule has 9 heteroatoms. The predicted molar refractivity (Wildman–Crippen MR) is 111 cm³/mol. The number of amides is 3. The van der Waals surface area contributed by atoms with E-state index >= 15 is 0 Å². The third kappa shape index (κ3) is 3.92. The number of hydrogen-bond acceptors (Lipinski definition) is 5. The standard InChI is InChI=1S/C21H27N5O4/c1-29-18-7-6-15(13-19(18)30-2)23-21(28)25-11-9-24(10-12-25)20(27)16-14-22-26-8-4-3-5-17(16)26/h6-7,13-14H,3-5,8-12H2,1-2H3,(H,23,28). The summed E-state index contributed by atoms with van der Waals surface area (Å²) in [6, 6.07) is 5.04. The molecule has 2 aromatic rings. The summed E-state index contributed by atoms with van der Waals surface area (Å²) in [5, 5.41) is 7.25. The molecule has 0 radical (unpaired) electrons. The van der Waals surface area contributed by atoms with Crippen molar-refractivity contribution in [2.45, 2.75) is 25.8 Å². The van der Waals surface area contributed by atoms with E-state index in [1.807, 2.05) is 9.58 Å².